The fraction of sp³-hybridized carbons (Fsp3) is 0.333. The molecule has 146 valence electrons. The summed E-state index contributed by atoms with van der Waals surface area (Å²) in [4.78, 5) is 13.3. The lowest BCUT2D eigenvalue weighted by atomic mass is 10.0. The molecule has 4 N–H and O–H groups in total. The molecule has 0 bridgehead atoms. The van der Waals surface area contributed by atoms with Gasteiger partial charge in [-0.1, -0.05) is 24.3 Å². The molecular formula is C21H25N5O2. The molecule has 2 heterocycles. The van der Waals surface area contributed by atoms with E-state index >= 15 is 0 Å². The smallest absolute Gasteiger partial charge is 0.404 e. The molecule has 0 spiro atoms. The molecule has 1 atom stereocenters. The number of anilines is 1. The summed E-state index contributed by atoms with van der Waals surface area (Å²) in [5.74, 6) is 0. The van der Waals surface area contributed by atoms with E-state index in [2.05, 4.69) is 50.7 Å². The topological polar surface area (TPSA) is 96.3 Å². The van der Waals surface area contributed by atoms with Crippen LogP contribution < -0.4 is 11.1 Å². The van der Waals surface area contributed by atoms with Gasteiger partial charge in [-0.3, -0.25) is 10.00 Å². The van der Waals surface area contributed by atoms with Crippen molar-refractivity contribution in [1.29, 1.82) is 0 Å². The van der Waals surface area contributed by atoms with Crippen LogP contribution in [0.5, 0.6) is 0 Å². The summed E-state index contributed by atoms with van der Waals surface area (Å²) in [6.07, 6.45) is 3.43. The highest BCUT2D eigenvalue weighted by molar-refractivity contribution is 5.81. The predicted molar refractivity (Wildman–Crippen MR) is 109 cm³/mol. The second kappa shape index (κ2) is 8.31. The number of carbonyl (C=O) groups is 1. The molecule has 1 aromatic heterocycles. The standard InChI is InChI=1S/C21H25N5O2/c22-21(27)28-14-16-4-1-3-15(9-16)12-26-8-2-5-19(13-26)24-18-6-7-20-17(10-18)11-23-25-20/h1,3-4,6-7,9-11,19,24H,2,5,8,12-14H2,(H2,22,27)(H,23,25). The number of aromatic nitrogens is 2. The number of likely N-dealkylation sites (tertiary alicyclic amines) is 1. The fourth-order valence-corrected chi connectivity index (χ4v) is 3.82. The van der Waals surface area contributed by atoms with Crippen LogP contribution in [0.15, 0.2) is 48.7 Å². The Hall–Kier alpha value is -3.06. The second-order valence-corrected chi connectivity index (χ2v) is 7.32. The van der Waals surface area contributed by atoms with Gasteiger partial charge in [-0.05, 0) is 48.7 Å². The molecule has 1 fully saturated rings. The number of piperidine rings is 1. The lowest BCUT2D eigenvalue weighted by molar-refractivity contribution is 0.150. The van der Waals surface area contributed by atoms with E-state index in [4.69, 9.17) is 10.5 Å². The van der Waals surface area contributed by atoms with Crippen molar-refractivity contribution in [3.05, 3.63) is 59.8 Å². The molecule has 1 saturated heterocycles. The Labute approximate surface area is 163 Å². The third-order valence-corrected chi connectivity index (χ3v) is 5.10. The summed E-state index contributed by atoms with van der Waals surface area (Å²) in [5.41, 5.74) is 9.40. The van der Waals surface area contributed by atoms with Gasteiger partial charge in [0.2, 0.25) is 0 Å². The molecule has 3 aromatic rings. The van der Waals surface area contributed by atoms with Gasteiger partial charge in [0.1, 0.15) is 6.61 Å². The minimum atomic E-state index is -0.746. The SMILES string of the molecule is NC(=O)OCc1cccc(CN2CCCC(Nc3ccc4[nH]ncc4c3)C2)c1. The van der Waals surface area contributed by atoms with E-state index in [1.54, 1.807) is 0 Å². The maximum Gasteiger partial charge on any atom is 0.404 e. The number of nitrogens with one attached hydrogen (secondary N) is 2. The number of aromatic amines is 1. The molecule has 7 heteroatoms. The van der Waals surface area contributed by atoms with Crippen molar-refractivity contribution in [2.45, 2.75) is 32.0 Å². The Bertz CT molecular complexity index is 955. The number of hydrogen-bond donors (Lipinski definition) is 3. The van der Waals surface area contributed by atoms with Gasteiger partial charge in [0, 0.05) is 30.2 Å². The molecule has 28 heavy (non-hydrogen) atoms. The van der Waals surface area contributed by atoms with Crippen molar-refractivity contribution >= 4 is 22.7 Å². The molecule has 0 radical (unpaired) electrons. The number of fused-ring (bicyclic) bond motifs is 1. The van der Waals surface area contributed by atoms with E-state index in [9.17, 15) is 4.79 Å². The molecule has 0 saturated carbocycles. The Morgan fingerprint density at radius 2 is 2.18 bits per heavy atom. The average molecular weight is 379 g/mol. The lowest BCUT2D eigenvalue weighted by Crippen LogP contribution is -2.41. The summed E-state index contributed by atoms with van der Waals surface area (Å²) < 4.78 is 4.89. The summed E-state index contributed by atoms with van der Waals surface area (Å²) in [5, 5.41) is 11.9. The van der Waals surface area contributed by atoms with E-state index in [1.165, 1.54) is 5.56 Å². The number of rotatable bonds is 6. The van der Waals surface area contributed by atoms with Gasteiger partial charge < -0.3 is 15.8 Å². The van der Waals surface area contributed by atoms with Crippen molar-refractivity contribution in [3.63, 3.8) is 0 Å². The first-order valence-corrected chi connectivity index (χ1v) is 9.58. The number of primary amides is 1. The van der Waals surface area contributed by atoms with Crippen LogP contribution in [-0.2, 0) is 17.9 Å². The molecule has 1 aliphatic rings. The van der Waals surface area contributed by atoms with E-state index in [1.807, 2.05) is 18.3 Å². The van der Waals surface area contributed by atoms with Crippen molar-refractivity contribution in [1.82, 2.24) is 15.1 Å². The molecule has 1 unspecified atom stereocenters. The van der Waals surface area contributed by atoms with Crippen molar-refractivity contribution in [3.8, 4) is 0 Å². The lowest BCUT2D eigenvalue weighted by Gasteiger charge is -2.33. The first kappa shape index (κ1) is 18.3. The minimum absolute atomic E-state index is 0.212. The highest BCUT2D eigenvalue weighted by Gasteiger charge is 2.20. The molecular weight excluding hydrogens is 354 g/mol. The van der Waals surface area contributed by atoms with E-state index < -0.39 is 6.09 Å². The van der Waals surface area contributed by atoms with Crippen molar-refractivity contribution in [2.75, 3.05) is 18.4 Å². The van der Waals surface area contributed by atoms with Crippen LogP contribution in [0.1, 0.15) is 24.0 Å². The summed E-state index contributed by atoms with van der Waals surface area (Å²) >= 11 is 0. The third kappa shape index (κ3) is 4.61. The van der Waals surface area contributed by atoms with E-state index in [0.29, 0.717) is 6.04 Å². The number of carbonyl (C=O) groups excluding carboxylic acids is 1. The third-order valence-electron chi connectivity index (χ3n) is 5.10. The van der Waals surface area contributed by atoms with Gasteiger partial charge in [0.25, 0.3) is 0 Å². The first-order valence-electron chi connectivity index (χ1n) is 9.58. The quantitative estimate of drug-likeness (QED) is 0.611. The van der Waals surface area contributed by atoms with Gasteiger partial charge in [-0.25, -0.2) is 4.79 Å². The highest BCUT2D eigenvalue weighted by atomic mass is 16.5. The molecule has 0 aliphatic carbocycles. The van der Waals surface area contributed by atoms with Crippen LogP contribution in [0.2, 0.25) is 0 Å². The van der Waals surface area contributed by atoms with Gasteiger partial charge in [-0.2, -0.15) is 5.10 Å². The van der Waals surface area contributed by atoms with Gasteiger partial charge in [-0.15, -0.1) is 0 Å². The fourth-order valence-electron chi connectivity index (χ4n) is 3.82. The second-order valence-electron chi connectivity index (χ2n) is 7.32. The normalized spacial score (nSPS) is 17.5. The van der Waals surface area contributed by atoms with Gasteiger partial charge in [0.05, 0.1) is 11.7 Å². The number of H-pyrrole nitrogens is 1. The van der Waals surface area contributed by atoms with Crippen LogP contribution in [0.25, 0.3) is 10.9 Å². The number of amides is 1. The number of hydrogen-bond acceptors (Lipinski definition) is 5. The van der Waals surface area contributed by atoms with Crippen LogP contribution in [0.4, 0.5) is 10.5 Å². The van der Waals surface area contributed by atoms with Gasteiger partial charge >= 0.3 is 6.09 Å². The largest absolute Gasteiger partial charge is 0.445 e. The van der Waals surface area contributed by atoms with E-state index in [-0.39, 0.29) is 6.61 Å². The monoisotopic (exact) mass is 379 g/mol. The van der Waals surface area contributed by atoms with Crippen LogP contribution >= 0.6 is 0 Å². The molecule has 1 aliphatic heterocycles. The maximum atomic E-state index is 10.8. The Morgan fingerprint density at radius 1 is 1.29 bits per heavy atom. The maximum absolute atomic E-state index is 10.8. The zero-order valence-corrected chi connectivity index (χ0v) is 15.7. The van der Waals surface area contributed by atoms with Crippen molar-refractivity contribution < 1.29 is 9.53 Å². The molecule has 2 aromatic carbocycles. The van der Waals surface area contributed by atoms with Crippen LogP contribution in [0, 0.1) is 0 Å². The van der Waals surface area contributed by atoms with Crippen LogP contribution in [0.3, 0.4) is 0 Å². The number of benzene rings is 2. The zero-order valence-electron chi connectivity index (χ0n) is 15.7. The average Bonchev–Trinajstić information content (AvgIpc) is 3.15. The molecule has 7 nitrogen and oxygen atoms in total. The predicted octanol–water partition coefficient (Wildman–Crippen LogP) is 3.23. The number of ether oxygens (including phenoxy) is 1. The van der Waals surface area contributed by atoms with Gasteiger partial charge in [0.15, 0.2) is 0 Å². The number of nitrogens with two attached hydrogens (primary N) is 1. The Balaban J connectivity index is 1.35. The van der Waals surface area contributed by atoms with E-state index in [0.717, 1.165) is 54.6 Å². The first-order chi connectivity index (χ1) is 13.7. The molecule has 4 rings (SSSR count). The summed E-state index contributed by atoms with van der Waals surface area (Å²) in [7, 11) is 0. The highest BCUT2D eigenvalue weighted by Crippen LogP contribution is 2.21. The Morgan fingerprint density at radius 3 is 3.07 bits per heavy atom. The number of nitrogens with zero attached hydrogens (tertiary/aromatic N) is 2. The zero-order chi connectivity index (χ0) is 19.3. The van der Waals surface area contributed by atoms with Crippen LogP contribution in [-0.4, -0.2) is 40.3 Å². The Kier molecular flexibility index (Phi) is 5.43. The summed E-state index contributed by atoms with van der Waals surface area (Å²) in [6.45, 7) is 3.17. The summed E-state index contributed by atoms with van der Waals surface area (Å²) in [6, 6.07) is 14.8. The minimum Gasteiger partial charge on any atom is -0.445 e. The van der Waals surface area contributed by atoms with Crippen molar-refractivity contribution in [2.24, 2.45) is 5.73 Å². The molecule has 1 amide bonds.